The lowest BCUT2D eigenvalue weighted by molar-refractivity contribution is -0.123. The lowest BCUT2D eigenvalue weighted by Crippen LogP contribution is -2.54. The van der Waals surface area contributed by atoms with Gasteiger partial charge in [-0.25, -0.2) is 0 Å². The molecule has 0 spiro atoms. The third-order valence-corrected chi connectivity index (χ3v) is 5.12. The number of carbonyl (C=O) groups is 1. The van der Waals surface area contributed by atoms with E-state index in [1.54, 1.807) is 7.05 Å². The van der Waals surface area contributed by atoms with Crippen molar-refractivity contribution in [2.24, 2.45) is 11.8 Å². The minimum atomic E-state index is -0.0398. The van der Waals surface area contributed by atoms with E-state index in [2.05, 4.69) is 29.8 Å². The van der Waals surface area contributed by atoms with Crippen molar-refractivity contribution in [2.75, 3.05) is 13.6 Å². The Morgan fingerprint density at radius 1 is 1.19 bits per heavy atom. The quantitative estimate of drug-likeness (QED) is 0.703. The van der Waals surface area contributed by atoms with Gasteiger partial charge in [0.2, 0.25) is 5.91 Å². The molecule has 2 fully saturated rings. The summed E-state index contributed by atoms with van der Waals surface area (Å²) >= 11 is 0. The number of rotatable bonds is 6. The Kier molecular flexibility index (Phi) is 6.49. The topological polar surface area (TPSA) is 53.2 Å². The first-order valence-electron chi connectivity index (χ1n) is 8.82. The molecule has 0 aromatic heterocycles. The molecule has 4 unspecified atom stereocenters. The molecule has 0 aromatic carbocycles. The second-order valence-corrected chi connectivity index (χ2v) is 7.22. The number of likely N-dealkylation sites (N-methyl/N-ethyl adjacent to an activating group) is 1. The molecule has 1 amide bonds. The second-order valence-electron chi connectivity index (χ2n) is 7.22. The molecule has 21 heavy (non-hydrogen) atoms. The number of hydrogen-bond donors (Lipinski definition) is 3. The van der Waals surface area contributed by atoms with Gasteiger partial charge in [-0.3, -0.25) is 4.79 Å². The van der Waals surface area contributed by atoms with Crippen LogP contribution in [-0.4, -0.2) is 37.6 Å². The molecular formula is C17H33N3O. The highest BCUT2D eigenvalue weighted by molar-refractivity contribution is 5.81. The van der Waals surface area contributed by atoms with Crippen molar-refractivity contribution in [3.8, 4) is 0 Å². The summed E-state index contributed by atoms with van der Waals surface area (Å²) in [5.74, 6) is 1.37. The average Bonchev–Trinajstić information content (AvgIpc) is 3.00. The van der Waals surface area contributed by atoms with E-state index in [-0.39, 0.29) is 11.9 Å². The minimum Gasteiger partial charge on any atom is -0.358 e. The molecule has 1 aliphatic heterocycles. The van der Waals surface area contributed by atoms with Crippen LogP contribution < -0.4 is 16.0 Å². The SMILES string of the molecule is CNC(=O)C(CC(C)C)NC1CCCCC1C1CCCN1. The van der Waals surface area contributed by atoms with Crippen LogP contribution in [0.3, 0.4) is 0 Å². The maximum atomic E-state index is 12.2. The monoisotopic (exact) mass is 295 g/mol. The first-order chi connectivity index (χ1) is 10.1. The highest BCUT2D eigenvalue weighted by Gasteiger charge is 2.35. The Balaban J connectivity index is 1.99. The number of carbonyl (C=O) groups excluding carboxylic acids is 1. The molecule has 2 aliphatic rings. The molecule has 3 N–H and O–H groups in total. The molecule has 1 heterocycles. The fourth-order valence-corrected chi connectivity index (χ4v) is 4.08. The summed E-state index contributed by atoms with van der Waals surface area (Å²) in [4.78, 5) is 12.2. The predicted octanol–water partition coefficient (Wildman–Crippen LogP) is 2.05. The number of hydrogen-bond acceptors (Lipinski definition) is 3. The van der Waals surface area contributed by atoms with Crippen molar-refractivity contribution in [2.45, 2.75) is 76.9 Å². The molecule has 0 aromatic rings. The van der Waals surface area contributed by atoms with Gasteiger partial charge >= 0.3 is 0 Å². The van der Waals surface area contributed by atoms with Gasteiger partial charge in [0.15, 0.2) is 0 Å². The smallest absolute Gasteiger partial charge is 0.236 e. The first kappa shape index (κ1) is 16.8. The van der Waals surface area contributed by atoms with Crippen molar-refractivity contribution in [3.63, 3.8) is 0 Å². The summed E-state index contributed by atoms with van der Waals surface area (Å²) in [5.41, 5.74) is 0. The van der Waals surface area contributed by atoms with Crippen LogP contribution in [0, 0.1) is 11.8 Å². The van der Waals surface area contributed by atoms with Gasteiger partial charge in [-0.05, 0) is 50.5 Å². The standard InChI is InChI=1S/C17H33N3O/c1-12(2)11-16(17(21)18-3)20-15-8-5-4-7-13(15)14-9-6-10-19-14/h12-16,19-20H,4-11H2,1-3H3,(H,18,21). The number of nitrogens with one attached hydrogen (secondary N) is 3. The van der Waals surface area contributed by atoms with Gasteiger partial charge < -0.3 is 16.0 Å². The third-order valence-electron chi connectivity index (χ3n) is 5.12. The highest BCUT2D eigenvalue weighted by atomic mass is 16.2. The van der Waals surface area contributed by atoms with Crippen molar-refractivity contribution in [1.29, 1.82) is 0 Å². The van der Waals surface area contributed by atoms with Gasteiger partial charge in [0.05, 0.1) is 6.04 Å². The summed E-state index contributed by atoms with van der Waals surface area (Å²) in [7, 11) is 1.74. The van der Waals surface area contributed by atoms with E-state index in [0.29, 0.717) is 23.9 Å². The first-order valence-corrected chi connectivity index (χ1v) is 8.82. The largest absolute Gasteiger partial charge is 0.358 e. The zero-order valence-electron chi connectivity index (χ0n) is 14.0. The Bertz CT molecular complexity index is 326. The molecule has 0 bridgehead atoms. The molecule has 4 heteroatoms. The van der Waals surface area contributed by atoms with Crippen molar-refractivity contribution in [3.05, 3.63) is 0 Å². The van der Waals surface area contributed by atoms with Crippen LogP contribution in [0.2, 0.25) is 0 Å². The average molecular weight is 295 g/mol. The van der Waals surface area contributed by atoms with E-state index < -0.39 is 0 Å². The van der Waals surface area contributed by atoms with Crippen LogP contribution in [0.4, 0.5) is 0 Å². The fourth-order valence-electron chi connectivity index (χ4n) is 4.08. The Morgan fingerprint density at radius 3 is 2.57 bits per heavy atom. The van der Waals surface area contributed by atoms with Crippen LogP contribution in [0.25, 0.3) is 0 Å². The van der Waals surface area contributed by atoms with Crippen molar-refractivity contribution >= 4 is 5.91 Å². The molecule has 0 radical (unpaired) electrons. The van der Waals surface area contributed by atoms with Crippen LogP contribution in [0.15, 0.2) is 0 Å². The van der Waals surface area contributed by atoms with E-state index in [0.717, 1.165) is 6.42 Å². The maximum absolute atomic E-state index is 12.2. The zero-order valence-corrected chi connectivity index (χ0v) is 14.0. The van der Waals surface area contributed by atoms with E-state index in [4.69, 9.17) is 0 Å². The summed E-state index contributed by atoms with van der Waals surface area (Å²) in [5, 5.41) is 10.2. The van der Waals surface area contributed by atoms with Gasteiger partial charge in [-0.15, -0.1) is 0 Å². The van der Waals surface area contributed by atoms with Crippen LogP contribution >= 0.6 is 0 Å². The Labute approximate surface area is 129 Å². The normalized spacial score (nSPS) is 31.3. The molecule has 2 rings (SSSR count). The molecular weight excluding hydrogens is 262 g/mol. The molecule has 4 nitrogen and oxygen atoms in total. The van der Waals surface area contributed by atoms with Gasteiger partial charge in [-0.1, -0.05) is 26.7 Å². The lowest BCUT2D eigenvalue weighted by Gasteiger charge is -2.38. The molecule has 4 atom stereocenters. The molecule has 122 valence electrons. The summed E-state index contributed by atoms with van der Waals surface area (Å²) in [6, 6.07) is 1.12. The fraction of sp³-hybridized carbons (Fsp3) is 0.941. The van der Waals surface area contributed by atoms with Gasteiger partial charge in [0.1, 0.15) is 0 Å². The van der Waals surface area contributed by atoms with Crippen molar-refractivity contribution < 1.29 is 4.79 Å². The molecule has 1 saturated heterocycles. The lowest BCUT2D eigenvalue weighted by atomic mass is 9.78. The Hall–Kier alpha value is -0.610. The number of amides is 1. The molecule has 1 saturated carbocycles. The van der Waals surface area contributed by atoms with E-state index >= 15 is 0 Å². The summed E-state index contributed by atoms with van der Waals surface area (Å²) in [6.45, 7) is 5.54. The third kappa shape index (κ3) is 4.68. The minimum absolute atomic E-state index is 0.0398. The molecule has 1 aliphatic carbocycles. The Morgan fingerprint density at radius 2 is 1.95 bits per heavy atom. The summed E-state index contributed by atoms with van der Waals surface area (Å²) in [6.07, 6.45) is 8.68. The summed E-state index contributed by atoms with van der Waals surface area (Å²) < 4.78 is 0. The van der Waals surface area contributed by atoms with E-state index in [9.17, 15) is 4.79 Å². The maximum Gasteiger partial charge on any atom is 0.236 e. The van der Waals surface area contributed by atoms with Crippen LogP contribution in [0.1, 0.15) is 58.8 Å². The van der Waals surface area contributed by atoms with E-state index in [1.807, 2.05) is 0 Å². The zero-order chi connectivity index (χ0) is 15.2. The van der Waals surface area contributed by atoms with Gasteiger partial charge in [0, 0.05) is 19.1 Å². The van der Waals surface area contributed by atoms with Crippen LogP contribution in [0.5, 0.6) is 0 Å². The van der Waals surface area contributed by atoms with Crippen LogP contribution in [-0.2, 0) is 4.79 Å². The van der Waals surface area contributed by atoms with E-state index in [1.165, 1.54) is 45.1 Å². The van der Waals surface area contributed by atoms with Gasteiger partial charge in [-0.2, -0.15) is 0 Å². The van der Waals surface area contributed by atoms with Gasteiger partial charge in [0.25, 0.3) is 0 Å². The predicted molar refractivity (Wildman–Crippen MR) is 87.2 cm³/mol. The second kappa shape index (κ2) is 8.14. The highest BCUT2D eigenvalue weighted by Crippen LogP contribution is 2.31. The van der Waals surface area contributed by atoms with Crippen molar-refractivity contribution in [1.82, 2.24) is 16.0 Å².